The number of anilines is 2. The Morgan fingerprint density at radius 2 is 1.58 bits per heavy atom. The second kappa shape index (κ2) is 21.5. The number of fused-ring (bicyclic) bond motifs is 1. The lowest BCUT2D eigenvalue weighted by atomic mass is 9.78. The SMILES string of the molecule is CC(C)(O)Cn1cc(-c2nc(NC3CCN(S(=O)(=O)CCCOCc4cn(CCN5CCC(C6CCN(c7ccc8c(c7)C(=O)N(C7CCC(=O)NC7=O)C8=O)CC6)CC5)nn4)CC3)ncc2C(F)(F)F)cn1. The third kappa shape index (κ3) is 12.4. The van der Waals surface area contributed by atoms with Crippen molar-refractivity contribution < 1.29 is 50.6 Å². The van der Waals surface area contributed by atoms with E-state index in [1.165, 1.54) is 21.4 Å². The number of carbonyl (C=O) groups is 4. The maximum absolute atomic E-state index is 13.9. The van der Waals surface area contributed by atoms with Gasteiger partial charge in [-0.2, -0.15) is 18.3 Å². The summed E-state index contributed by atoms with van der Waals surface area (Å²) in [7, 11) is -3.58. The Kier molecular flexibility index (Phi) is 15.3. The summed E-state index contributed by atoms with van der Waals surface area (Å²) in [6, 6.07) is 4.07. The predicted octanol–water partition coefficient (Wildman–Crippen LogP) is 3.56. The van der Waals surface area contributed by atoms with Crippen LogP contribution in [0.15, 0.2) is 43.0 Å². The van der Waals surface area contributed by atoms with Crippen molar-refractivity contribution in [1.82, 2.24) is 54.2 Å². The van der Waals surface area contributed by atoms with Crippen LogP contribution in [0.25, 0.3) is 11.3 Å². The number of hydrogen-bond donors (Lipinski definition) is 3. The number of likely N-dealkylation sites (tertiary alicyclic amines) is 1. The number of imide groups is 2. The van der Waals surface area contributed by atoms with E-state index in [2.05, 4.69) is 45.8 Å². The largest absolute Gasteiger partial charge is 0.419 e. The van der Waals surface area contributed by atoms with Crippen molar-refractivity contribution in [3.8, 4) is 11.3 Å². The Morgan fingerprint density at radius 3 is 2.27 bits per heavy atom. The van der Waals surface area contributed by atoms with E-state index in [0.29, 0.717) is 42.5 Å². The molecule has 1 atom stereocenters. The molecule has 0 saturated carbocycles. The molecule has 0 bridgehead atoms. The number of sulfonamides is 1. The van der Waals surface area contributed by atoms with Crippen LogP contribution >= 0.6 is 0 Å². The fraction of sp³-hybridized carbons (Fsp3) is 0.604. The quantitative estimate of drug-likeness (QED) is 0.0953. The van der Waals surface area contributed by atoms with Gasteiger partial charge in [0.05, 0.1) is 60.3 Å². The van der Waals surface area contributed by atoms with E-state index in [-0.39, 0.29) is 86.7 Å². The zero-order valence-corrected chi connectivity index (χ0v) is 41.8. The molecule has 3 aromatic heterocycles. The van der Waals surface area contributed by atoms with E-state index < -0.39 is 57.0 Å². The topological polar surface area (TPSA) is 243 Å². The van der Waals surface area contributed by atoms with E-state index in [4.69, 9.17) is 4.74 Å². The molecule has 4 aromatic rings. The number of aliphatic hydroxyl groups is 1. The standard InChI is InChI=1S/C48H62F3N13O8S/c1-47(2,69)30-62-27-33(25-53-62)42-39(48(49,50)51)26-52-46(56-42)54-34-12-18-63(19-13-34)73(70,71)23-3-22-72-29-35-28-61(58-57-35)21-20-59-14-8-31(9-15-59)32-10-16-60(17-11-32)36-4-5-37-38(24-36)45(68)64(44(37)67)40-6-7-41(65)55-43(40)66/h4-5,24-28,31-32,34,40,69H,3,6-23,29-30H2,1-2H3,(H,52,54,56)(H,55,65,66). The van der Waals surface area contributed by atoms with Crippen molar-refractivity contribution in [3.63, 3.8) is 0 Å². The van der Waals surface area contributed by atoms with E-state index in [1.54, 1.807) is 30.7 Å². The first-order valence-electron chi connectivity index (χ1n) is 25.0. The molecule has 4 amide bonds. The minimum Gasteiger partial charge on any atom is -0.389 e. The van der Waals surface area contributed by atoms with Crippen molar-refractivity contribution in [3.05, 3.63) is 65.4 Å². The first-order valence-corrected chi connectivity index (χ1v) is 26.6. The Morgan fingerprint density at radius 1 is 0.863 bits per heavy atom. The fourth-order valence-corrected chi connectivity index (χ4v) is 12.2. The van der Waals surface area contributed by atoms with Crippen LogP contribution in [-0.4, -0.2) is 162 Å². The molecule has 5 aliphatic heterocycles. The summed E-state index contributed by atoms with van der Waals surface area (Å²) >= 11 is 0. The highest BCUT2D eigenvalue weighted by Gasteiger charge is 2.45. The number of halogens is 3. The van der Waals surface area contributed by atoms with Crippen molar-refractivity contribution in [1.29, 1.82) is 0 Å². The van der Waals surface area contributed by atoms with Crippen molar-refractivity contribution in [2.45, 2.75) is 115 Å². The molecule has 4 saturated heterocycles. The van der Waals surface area contributed by atoms with Gasteiger partial charge in [-0.25, -0.2) is 22.7 Å². The maximum atomic E-state index is 13.9. The normalized spacial score (nSPS) is 20.5. The molecule has 0 aliphatic carbocycles. The molecule has 25 heteroatoms. The molecule has 0 radical (unpaired) electrons. The van der Waals surface area contributed by atoms with Gasteiger partial charge in [-0.15, -0.1) is 5.10 Å². The summed E-state index contributed by atoms with van der Waals surface area (Å²) in [6.07, 6.45) is 6.10. The summed E-state index contributed by atoms with van der Waals surface area (Å²) < 4.78 is 78.6. The molecule has 1 aromatic carbocycles. The van der Waals surface area contributed by atoms with Crippen LogP contribution in [0.1, 0.15) is 104 Å². The number of nitrogens with zero attached hydrogens (tertiary/aromatic N) is 11. The Labute approximate surface area is 420 Å². The Bertz CT molecular complexity index is 2780. The van der Waals surface area contributed by atoms with Gasteiger partial charge in [0.1, 0.15) is 17.3 Å². The molecular formula is C48H62F3N13O8S. The van der Waals surface area contributed by atoms with E-state index in [1.807, 2.05) is 12.3 Å². The van der Waals surface area contributed by atoms with Crippen LogP contribution in [0.2, 0.25) is 0 Å². The van der Waals surface area contributed by atoms with Gasteiger partial charge in [0, 0.05) is 75.4 Å². The average molecular weight is 1040 g/mol. The number of ether oxygens (including phenoxy) is 1. The lowest BCUT2D eigenvalue weighted by Crippen LogP contribution is -2.54. The molecular weight excluding hydrogens is 976 g/mol. The zero-order chi connectivity index (χ0) is 51.7. The number of alkyl halides is 3. The third-order valence-electron chi connectivity index (χ3n) is 14.5. The molecule has 73 heavy (non-hydrogen) atoms. The number of aromatic nitrogens is 7. The van der Waals surface area contributed by atoms with Crippen LogP contribution in [0.5, 0.6) is 0 Å². The van der Waals surface area contributed by atoms with Gasteiger partial charge in [-0.3, -0.25) is 38.8 Å². The first kappa shape index (κ1) is 52.0. The van der Waals surface area contributed by atoms with Crippen LogP contribution in [0, 0.1) is 11.8 Å². The molecule has 1 unspecified atom stereocenters. The van der Waals surface area contributed by atoms with Gasteiger partial charge < -0.3 is 25.0 Å². The van der Waals surface area contributed by atoms with E-state index >= 15 is 0 Å². The lowest BCUT2D eigenvalue weighted by Gasteiger charge is -2.41. The average Bonchev–Trinajstić information content (AvgIpc) is 4.08. The molecule has 9 rings (SSSR count). The molecule has 0 spiro atoms. The van der Waals surface area contributed by atoms with Crippen LogP contribution < -0.4 is 15.5 Å². The van der Waals surface area contributed by atoms with Crippen LogP contribution in [0.3, 0.4) is 0 Å². The summed E-state index contributed by atoms with van der Waals surface area (Å²) in [5.74, 6) is -0.902. The summed E-state index contributed by atoms with van der Waals surface area (Å²) in [4.78, 5) is 64.5. The minimum atomic E-state index is -4.72. The number of nitrogens with one attached hydrogen (secondary N) is 2. The second-order valence-corrected chi connectivity index (χ2v) is 22.5. The molecule has 4 fully saturated rings. The number of piperidine rings is 4. The highest BCUT2D eigenvalue weighted by molar-refractivity contribution is 7.89. The summed E-state index contributed by atoms with van der Waals surface area (Å²) in [5, 5.41) is 28.0. The van der Waals surface area contributed by atoms with E-state index in [9.17, 15) is 45.9 Å². The van der Waals surface area contributed by atoms with Crippen molar-refractivity contribution >= 4 is 45.3 Å². The molecule has 3 N–H and O–H groups in total. The van der Waals surface area contributed by atoms with Crippen molar-refractivity contribution in [2.75, 3.05) is 68.4 Å². The first-order chi connectivity index (χ1) is 34.8. The highest BCUT2D eigenvalue weighted by Crippen LogP contribution is 2.38. The van der Waals surface area contributed by atoms with Gasteiger partial charge in [0.25, 0.3) is 11.8 Å². The molecule has 21 nitrogen and oxygen atoms in total. The van der Waals surface area contributed by atoms with Gasteiger partial charge in [0.2, 0.25) is 27.8 Å². The van der Waals surface area contributed by atoms with Gasteiger partial charge >= 0.3 is 6.18 Å². The van der Waals surface area contributed by atoms with Crippen LogP contribution in [-0.2, 0) is 50.2 Å². The number of rotatable bonds is 18. The minimum absolute atomic E-state index is 0.0127. The summed E-state index contributed by atoms with van der Waals surface area (Å²) in [6.45, 7) is 9.27. The highest BCUT2D eigenvalue weighted by atomic mass is 32.2. The molecule has 394 valence electrons. The number of hydrogen-bond acceptors (Lipinski definition) is 16. The van der Waals surface area contributed by atoms with Gasteiger partial charge in [-0.05, 0) is 108 Å². The second-order valence-electron chi connectivity index (χ2n) is 20.4. The van der Waals surface area contributed by atoms with E-state index in [0.717, 1.165) is 75.2 Å². The Balaban J connectivity index is 0.646. The van der Waals surface area contributed by atoms with Crippen LogP contribution in [0.4, 0.5) is 24.8 Å². The number of carbonyl (C=O) groups excluding carboxylic acids is 4. The third-order valence-corrected chi connectivity index (χ3v) is 16.5. The van der Waals surface area contributed by atoms with Gasteiger partial charge in [-0.1, -0.05) is 5.21 Å². The smallest absolute Gasteiger partial charge is 0.389 e. The van der Waals surface area contributed by atoms with Gasteiger partial charge in [0.15, 0.2) is 0 Å². The number of amides is 4. The predicted molar refractivity (Wildman–Crippen MR) is 258 cm³/mol. The fourth-order valence-electron chi connectivity index (χ4n) is 10.6. The monoisotopic (exact) mass is 1040 g/mol. The number of benzene rings is 1. The Hall–Kier alpha value is -5.89. The van der Waals surface area contributed by atoms with Crippen molar-refractivity contribution in [2.24, 2.45) is 11.8 Å². The molecule has 8 heterocycles. The zero-order valence-electron chi connectivity index (χ0n) is 41.0. The molecule has 5 aliphatic rings. The maximum Gasteiger partial charge on any atom is 0.419 e. The lowest BCUT2D eigenvalue weighted by molar-refractivity contribution is -0.138. The summed E-state index contributed by atoms with van der Waals surface area (Å²) in [5.41, 5.74) is -0.266.